The molecular formula is C19H16BrN3O. The molecule has 2 heterocycles. The van der Waals surface area contributed by atoms with Gasteiger partial charge in [-0.3, -0.25) is 4.79 Å². The lowest BCUT2D eigenvalue weighted by molar-refractivity contribution is -0.116. The zero-order valence-electron chi connectivity index (χ0n) is 13.2. The molecule has 24 heavy (non-hydrogen) atoms. The van der Waals surface area contributed by atoms with Gasteiger partial charge in [0.05, 0.1) is 11.9 Å². The summed E-state index contributed by atoms with van der Waals surface area (Å²) in [6, 6.07) is 16.2. The second-order valence-electron chi connectivity index (χ2n) is 6.06. The fourth-order valence-corrected chi connectivity index (χ4v) is 3.54. The van der Waals surface area contributed by atoms with Crippen molar-refractivity contribution < 1.29 is 4.79 Å². The third-order valence-electron chi connectivity index (χ3n) is 4.35. The SMILES string of the molecule is Cc1ccc(-n2ncc3c2NC(=O)C[C@@H]3c2cccc(Br)c2)cc1. The summed E-state index contributed by atoms with van der Waals surface area (Å²) >= 11 is 3.51. The number of carbonyl (C=O) groups excluding carboxylic acids is 1. The number of aromatic nitrogens is 2. The van der Waals surface area contributed by atoms with E-state index in [0.717, 1.165) is 27.1 Å². The molecule has 0 spiro atoms. The Balaban J connectivity index is 1.81. The van der Waals surface area contributed by atoms with Crippen LogP contribution in [0.1, 0.15) is 29.0 Å². The first-order valence-electron chi connectivity index (χ1n) is 7.82. The van der Waals surface area contributed by atoms with Gasteiger partial charge >= 0.3 is 0 Å². The van der Waals surface area contributed by atoms with Crippen molar-refractivity contribution in [1.82, 2.24) is 9.78 Å². The number of amides is 1. The molecule has 1 aromatic heterocycles. The van der Waals surface area contributed by atoms with Gasteiger partial charge in [-0.05, 0) is 36.8 Å². The largest absolute Gasteiger partial charge is 0.310 e. The van der Waals surface area contributed by atoms with E-state index in [1.807, 2.05) is 49.5 Å². The van der Waals surface area contributed by atoms with E-state index in [2.05, 4.69) is 38.5 Å². The summed E-state index contributed by atoms with van der Waals surface area (Å²) < 4.78 is 2.81. The molecule has 120 valence electrons. The summed E-state index contributed by atoms with van der Waals surface area (Å²) in [5, 5.41) is 7.51. The second-order valence-corrected chi connectivity index (χ2v) is 6.97. The fourth-order valence-electron chi connectivity index (χ4n) is 3.12. The summed E-state index contributed by atoms with van der Waals surface area (Å²) in [6.07, 6.45) is 2.29. The Morgan fingerprint density at radius 3 is 2.75 bits per heavy atom. The van der Waals surface area contributed by atoms with E-state index < -0.39 is 0 Å². The summed E-state index contributed by atoms with van der Waals surface area (Å²) in [6.45, 7) is 2.05. The number of carbonyl (C=O) groups is 1. The fraction of sp³-hybridized carbons (Fsp3) is 0.158. The number of nitrogens with one attached hydrogen (secondary N) is 1. The molecule has 0 fully saturated rings. The molecule has 0 bridgehead atoms. The standard InChI is InChI=1S/C19H16BrN3O/c1-12-5-7-15(8-6-12)23-19-17(11-21-23)16(10-18(24)22-19)13-3-2-4-14(20)9-13/h2-9,11,16H,10H2,1H3,(H,22,24)/t16-/m1/s1. The number of hydrogen-bond donors (Lipinski definition) is 1. The molecule has 1 aliphatic heterocycles. The van der Waals surface area contributed by atoms with E-state index in [0.29, 0.717) is 6.42 Å². The third kappa shape index (κ3) is 2.65. The third-order valence-corrected chi connectivity index (χ3v) is 4.84. The predicted octanol–water partition coefficient (Wildman–Crippen LogP) is 4.42. The number of nitrogens with zero attached hydrogens (tertiary/aromatic N) is 2. The van der Waals surface area contributed by atoms with Crippen molar-refractivity contribution in [3.8, 4) is 5.69 Å². The molecule has 1 aliphatic rings. The molecule has 0 radical (unpaired) electrons. The average Bonchev–Trinajstić information content (AvgIpc) is 2.98. The second kappa shape index (κ2) is 5.91. The molecular weight excluding hydrogens is 366 g/mol. The number of anilines is 1. The average molecular weight is 382 g/mol. The van der Waals surface area contributed by atoms with E-state index in [1.165, 1.54) is 5.56 Å². The van der Waals surface area contributed by atoms with Gasteiger partial charge in [0.1, 0.15) is 5.82 Å². The van der Waals surface area contributed by atoms with E-state index in [9.17, 15) is 4.79 Å². The highest BCUT2D eigenvalue weighted by Gasteiger charge is 2.30. The van der Waals surface area contributed by atoms with Gasteiger partial charge < -0.3 is 5.32 Å². The molecule has 1 N–H and O–H groups in total. The van der Waals surface area contributed by atoms with Gasteiger partial charge in [-0.25, -0.2) is 4.68 Å². The quantitative estimate of drug-likeness (QED) is 0.714. The van der Waals surface area contributed by atoms with Crippen LogP contribution in [-0.2, 0) is 4.79 Å². The number of aryl methyl sites for hydroxylation is 1. The highest BCUT2D eigenvalue weighted by atomic mass is 79.9. The molecule has 1 atom stereocenters. The minimum atomic E-state index is 0.0151. The molecule has 3 aromatic rings. The van der Waals surface area contributed by atoms with Crippen LogP contribution in [0.5, 0.6) is 0 Å². The molecule has 4 nitrogen and oxygen atoms in total. The predicted molar refractivity (Wildman–Crippen MR) is 97.5 cm³/mol. The Hall–Kier alpha value is -2.40. The van der Waals surface area contributed by atoms with Crippen molar-refractivity contribution >= 4 is 27.7 Å². The van der Waals surface area contributed by atoms with Crippen molar-refractivity contribution in [1.29, 1.82) is 0 Å². The summed E-state index contributed by atoms with van der Waals surface area (Å²) in [5.41, 5.74) is 4.30. The van der Waals surface area contributed by atoms with Gasteiger partial charge in [0.2, 0.25) is 5.91 Å². The van der Waals surface area contributed by atoms with E-state index in [-0.39, 0.29) is 11.8 Å². The van der Waals surface area contributed by atoms with Crippen LogP contribution >= 0.6 is 15.9 Å². The Bertz CT molecular complexity index is 915. The van der Waals surface area contributed by atoms with Crippen LogP contribution in [-0.4, -0.2) is 15.7 Å². The number of hydrogen-bond acceptors (Lipinski definition) is 2. The highest BCUT2D eigenvalue weighted by molar-refractivity contribution is 9.10. The van der Waals surface area contributed by atoms with Crippen molar-refractivity contribution in [2.45, 2.75) is 19.3 Å². The summed E-state index contributed by atoms with van der Waals surface area (Å²) in [7, 11) is 0. The van der Waals surface area contributed by atoms with Crippen LogP contribution in [0.15, 0.2) is 59.2 Å². The van der Waals surface area contributed by atoms with Crippen LogP contribution in [0.4, 0.5) is 5.82 Å². The first-order chi connectivity index (χ1) is 11.6. The zero-order chi connectivity index (χ0) is 16.7. The van der Waals surface area contributed by atoms with Crippen LogP contribution in [0.3, 0.4) is 0 Å². The Morgan fingerprint density at radius 2 is 2.00 bits per heavy atom. The van der Waals surface area contributed by atoms with Crippen LogP contribution < -0.4 is 5.32 Å². The lowest BCUT2D eigenvalue weighted by Crippen LogP contribution is -2.24. The van der Waals surface area contributed by atoms with Gasteiger partial charge in [-0.1, -0.05) is 45.8 Å². The van der Waals surface area contributed by atoms with E-state index in [1.54, 1.807) is 4.68 Å². The first-order valence-corrected chi connectivity index (χ1v) is 8.61. The lowest BCUT2D eigenvalue weighted by Gasteiger charge is -2.24. The molecule has 2 aromatic carbocycles. The van der Waals surface area contributed by atoms with Crippen molar-refractivity contribution in [2.75, 3.05) is 5.32 Å². The van der Waals surface area contributed by atoms with Gasteiger partial charge in [-0.15, -0.1) is 0 Å². The molecule has 0 saturated heterocycles. The van der Waals surface area contributed by atoms with Gasteiger partial charge in [0.15, 0.2) is 0 Å². The number of fused-ring (bicyclic) bond motifs is 1. The Kier molecular flexibility index (Phi) is 3.73. The maximum absolute atomic E-state index is 12.3. The van der Waals surface area contributed by atoms with E-state index >= 15 is 0 Å². The van der Waals surface area contributed by atoms with Crippen LogP contribution in [0.25, 0.3) is 5.69 Å². The topological polar surface area (TPSA) is 46.9 Å². The summed E-state index contributed by atoms with van der Waals surface area (Å²) in [5.74, 6) is 0.798. The highest BCUT2D eigenvalue weighted by Crippen LogP contribution is 2.38. The van der Waals surface area contributed by atoms with Crippen LogP contribution in [0, 0.1) is 6.92 Å². The minimum absolute atomic E-state index is 0.0151. The van der Waals surface area contributed by atoms with Crippen molar-refractivity contribution in [3.63, 3.8) is 0 Å². The maximum Gasteiger partial charge on any atom is 0.226 e. The number of halogens is 1. The van der Waals surface area contributed by atoms with E-state index in [4.69, 9.17) is 0 Å². The molecule has 4 rings (SSSR count). The minimum Gasteiger partial charge on any atom is -0.310 e. The zero-order valence-corrected chi connectivity index (χ0v) is 14.7. The summed E-state index contributed by atoms with van der Waals surface area (Å²) in [4.78, 5) is 12.3. The van der Waals surface area contributed by atoms with Gasteiger partial charge in [0, 0.05) is 22.4 Å². The molecule has 1 amide bonds. The lowest BCUT2D eigenvalue weighted by atomic mass is 9.87. The Morgan fingerprint density at radius 1 is 1.21 bits per heavy atom. The molecule has 0 unspecified atom stereocenters. The maximum atomic E-state index is 12.3. The first kappa shape index (κ1) is 15.1. The normalized spacial score (nSPS) is 16.6. The van der Waals surface area contributed by atoms with Crippen LogP contribution in [0.2, 0.25) is 0 Å². The van der Waals surface area contributed by atoms with Crippen molar-refractivity contribution in [3.05, 3.63) is 75.9 Å². The van der Waals surface area contributed by atoms with Crippen molar-refractivity contribution in [2.24, 2.45) is 0 Å². The number of rotatable bonds is 2. The molecule has 0 saturated carbocycles. The van der Waals surface area contributed by atoms with Gasteiger partial charge in [0.25, 0.3) is 0 Å². The molecule has 0 aliphatic carbocycles. The monoisotopic (exact) mass is 381 g/mol. The molecule has 5 heteroatoms. The number of benzene rings is 2. The smallest absolute Gasteiger partial charge is 0.226 e. The Labute approximate surface area is 148 Å². The van der Waals surface area contributed by atoms with Gasteiger partial charge in [-0.2, -0.15) is 5.10 Å².